The van der Waals surface area contributed by atoms with Gasteiger partial charge in [0.25, 0.3) is 5.91 Å². The van der Waals surface area contributed by atoms with Crippen LogP contribution in [0.3, 0.4) is 0 Å². The summed E-state index contributed by atoms with van der Waals surface area (Å²) in [6.45, 7) is 4.69. The number of ether oxygens (including phenoxy) is 2. The minimum atomic E-state index is -1.02. The topological polar surface area (TPSA) is 118 Å². The molecule has 3 heterocycles. The molecular weight excluding hydrogens is 438 g/mol. The van der Waals surface area contributed by atoms with E-state index in [1.807, 2.05) is 21.6 Å². The van der Waals surface area contributed by atoms with Gasteiger partial charge in [0.05, 0.1) is 18.8 Å². The third-order valence-electron chi connectivity index (χ3n) is 6.27. The molecule has 1 saturated heterocycles. The Hall–Kier alpha value is -2.69. The highest BCUT2D eigenvalue weighted by molar-refractivity contribution is 5.85. The fourth-order valence-corrected chi connectivity index (χ4v) is 4.59. The molecule has 2 amide bonds. The molecule has 0 spiro atoms. The van der Waals surface area contributed by atoms with Gasteiger partial charge in [0.2, 0.25) is 0 Å². The number of nitrogens with one attached hydrogen (secondary N) is 2. The molecule has 10 nitrogen and oxygen atoms in total. The molecule has 4 rings (SSSR count). The first kappa shape index (κ1) is 25.9. The zero-order chi connectivity index (χ0) is 23.4. The SMILES string of the molecule is C.COC[C@@H]1CNC[C@H](C(=O)N(C2CC2)[C@H](C)c2cn(CCCNC(=O)O)c3ncccc23)O1. The molecule has 2 aromatic rings. The second-order valence-electron chi connectivity index (χ2n) is 8.75. The zero-order valence-corrected chi connectivity index (χ0v) is 19.2. The predicted molar refractivity (Wildman–Crippen MR) is 129 cm³/mol. The molecule has 3 atom stereocenters. The highest BCUT2D eigenvalue weighted by Crippen LogP contribution is 2.38. The van der Waals surface area contributed by atoms with E-state index in [2.05, 4.69) is 28.7 Å². The lowest BCUT2D eigenvalue weighted by Crippen LogP contribution is -2.54. The maximum absolute atomic E-state index is 13.6. The van der Waals surface area contributed by atoms with Crippen LogP contribution in [0.5, 0.6) is 0 Å². The summed E-state index contributed by atoms with van der Waals surface area (Å²) in [5.41, 5.74) is 1.88. The first-order chi connectivity index (χ1) is 16.0. The molecule has 1 aliphatic heterocycles. The lowest BCUT2D eigenvalue weighted by molar-refractivity contribution is -0.156. The molecule has 34 heavy (non-hydrogen) atoms. The zero-order valence-electron chi connectivity index (χ0n) is 19.2. The van der Waals surface area contributed by atoms with Gasteiger partial charge in [0, 0.05) is 62.7 Å². The van der Waals surface area contributed by atoms with Gasteiger partial charge in [-0.3, -0.25) is 4.79 Å². The summed E-state index contributed by atoms with van der Waals surface area (Å²) in [6.07, 6.45) is 4.75. The number of fused-ring (bicyclic) bond motifs is 1. The number of hydrogen-bond donors (Lipinski definition) is 3. The molecular formula is C24H37N5O5. The summed E-state index contributed by atoms with van der Waals surface area (Å²) in [7, 11) is 1.63. The highest BCUT2D eigenvalue weighted by Gasteiger charge is 2.41. The lowest BCUT2D eigenvalue weighted by Gasteiger charge is -2.36. The smallest absolute Gasteiger partial charge is 0.404 e. The van der Waals surface area contributed by atoms with Gasteiger partial charge in [-0.15, -0.1) is 0 Å². The maximum Gasteiger partial charge on any atom is 0.404 e. The van der Waals surface area contributed by atoms with Crippen LogP contribution in [0.15, 0.2) is 24.5 Å². The first-order valence-corrected chi connectivity index (χ1v) is 11.6. The average Bonchev–Trinajstić information content (AvgIpc) is 3.57. The number of rotatable bonds is 10. The van der Waals surface area contributed by atoms with Gasteiger partial charge in [-0.05, 0) is 38.3 Å². The van der Waals surface area contributed by atoms with Crippen LogP contribution < -0.4 is 10.6 Å². The third kappa shape index (κ3) is 5.86. The van der Waals surface area contributed by atoms with Gasteiger partial charge in [0.1, 0.15) is 11.8 Å². The van der Waals surface area contributed by atoms with Crippen LogP contribution in [-0.2, 0) is 20.8 Å². The first-order valence-electron chi connectivity index (χ1n) is 11.6. The monoisotopic (exact) mass is 475 g/mol. The molecule has 0 radical (unpaired) electrons. The quantitative estimate of drug-likeness (QED) is 0.452. The van der Waals surface area contributed by atoms with Crippen molar-refractivity contribution in [1.29, 1.82) is 0 Å². The highest BCUT2D eigenvalue weighted by atomic mass is 16.5. The maximum atomic E-state index is 13.6. The van der Waals surface area contributed by atoms with Crippen molar-refractivity contribution in [2.75, 3.05) is 33.4 Å². The Balaban J connectivity index is 0.00000324. The predicted octanol–water partition coefficient (Wildman–Crippen LogP) is 2.39. The van der Waals surface area contributed by atoms with E-state index in [0.717, 1.165) is 29.4 Å². The summed E-state index contributed by atoms with van der Waals surface area (Å²) in [5, 5.41) is 15.5. The summed E-state index contributed by atoms with van der Waals surface area (Å²) in [4.78, 5) is 30.9. The molecule has 188 valence electrons. The van der Waals surface area contributed by atoms with E-state index >= 15 is 0 Å². The second-order valence-corrected chi connectivity index (χ2v) is 8.75. The number of hydrogen-bond acceptors (Lipinski definition) is 6. The Morgan fingerprint density at radius 1 is 1.41 bits per heavy atom. The number of carboxylic acid groups (broad SMARTS) is 1. The van der Waals surface area contributed by atoms with Crippen molar-refractivity contribution in [1.82, 2.24) is 25.1 Å². The van der Waals surface area contributed by atoms with E-state index < -0.39 is 12.2 Å². The summed E-state index contributed by atoms with van der Waals surface area (Å²) < 4.78 is 13.3. The lowest BCUT2D eigenvalue weighted by atomic mass is 10.1. The van der Waals surface area contributed by atoms with E-state index in [4.69, 9.17) is 14.6 Å². The van der Waals surface area contributed by atoms with Crippen LogP contribution in [0, 0.1) is 0 Å². The van der Waals surface area contributed by atoms with Gasteiger partial charge in [-0.25, -0.2) is 9.78 Å². The van der Waals surface area contributed by atoms with E-state index in [0.29, 0.717) is 39.2 Å². The van der Waals surface area contributed by atoms with Gasteiger partial charge in [0.15, 0.2) is 0 Å². The van der Waals surface area contributed by atoms with Crippen molar-refractivity contribution in [2.24, 2.45) is 0 Å². The van der Waals surface area contributed by atoms with Gasteiger partial charge >= 0.3 is 6.09 Å². The molecule has 2 aliphatic rings. The van der Waals surface area contributed by atoms with Gasteiger partial charge in [-0.1, -0.05) is 7.43 Å². The number of aromatic nitrogens is 2. The van der Waals surface area contributed by atoms with Crippen LogP contribution in [-0.4, -0.2) is 83.2 Å². The van der Waals surface area contributed by atoms with Crippen molar-refractivity contribution >= 4 is 23.0 Å². The van der Waals surface area contributed by atoms with Crippen LogP contribution in [0.1, 0.15) is 45.2 Å². The molecule has 0 unspecified atom stereocenters. The Morgan fingerprint density at radius 3 is 2.91 bits per heavy atom. The van der Waals surface area contributed by atoms with E-state index in [1.54, 1.807) is 13.3 Å². The average molecular weight is 476 g/mol. The van der Waals surface area contributed by atoms with Crippen LogP contribution in [0.25, 0.3) is 11.0 Å². The second kappa shape index (κ2) is 11.6. The summed E-state index contributed by atoms with van der Waals surface area (Å²) in [5.74, 6) is 0.00810. The van der Waals surface area contributed by atoms with Gasteiger partial charge in [-0.2, -0.15) is 0 Å². The summed E-state index contributed by atoms with van der Waals surface area (Å²) in [6, 6.07) is 4.01. The number of methoxy groups -OCH3 is 1. The van der Waals surface area contributed by atoms with Crippen molar-refractivity contribution in [2.45, 2.75) is 64.4 Å². The Morgan fingerprint density at radius 2 is 2.21 bits per heavy atom. The largest absolute Gasteiger partial charge is 0.465 e. The molecule has 1 aliphatic carbocycles. The van der Waals surface area contributed by atoms with Crippen LogP contribution in [0.4, 0.5) is 4.79 Å². The Kier molecular flexibility index (Phi) is 8.87. The molecule has 0 bridgehead atoms. The Bertz CT molecular complexity index is 974. The van der Waals surface area contributed by atoms with Crippen molar-refractivity contribution in [3.05, 3.63) is 30.1 Å². The number of pyridine rings is 1. The number of morpholine rings is 1. The molecule has 2 aromatic heterocycles. The van der Waals surface area contributed by atoms with E-state index in [1.165, 1.54) is 0 Å². The van der Waals surface area contributed by atoms with Crippen molar-refractivity contribution < 1.29 is 24.2 Å². The molecule has 1 saturated carbocycles. The molecule has 10 heteroatoms. The standard InChI is InChI=1S/C23H33N5O5.CH4/c1-15(28(16-6-7-16)22(29)20-12-24-11-17(33-20)14-32-2)19-13-27(10-4-9-26-23(30)31)21-18(19)5-3-8-25-21;/h3,5,8,13,15-17,20,24,26H,4,6-7,9-12,14H2,1-2H3,(H,30,31);1H4/t15-,17+,20-;/m1./s1. The molecule has 3 N–H and O–H groups in total. The minimum Gasteiger partial charge on any atom is -0.465 e. The Labute approximate surface area is 200 Å². The number of aryl methyl sites for hydroxylation is 1. The number of nitrogens with zero attached hydrogens (tertiary/aromatic N) is 3. The van der Waals surface area contributed by atoms with Gasteiger partial charge < -0.3 is 34.7 Å². The molecule has 2 fully saturated rings. The summed E-state index contributed by atoms with van der Waals surface area (Å²) >= 11 is 0. The normalized spacial score (nSPS) is 21.0. The number of amides is 2. The minimum absolute atomic E-state index is 0. The van der Waals surface area contributed by atoms with Crippen molar-refractivity contribution in [3.8, 4) is 0 Å². The van der Waals surface area contributed by atoms with E-state index in [9.17, 15) is 9.59 Å². The third-order valence-corrected chi connectivity index (χ3v) is 6.27. The van der Waals surface area contributed by atoms with E-state index in [-0.39, 0.29) is 31.5 Å². The van der Waals surface area contributed by atoms with Crippen LogP contribution in [0.2, 0.25) is 0 Å². The van der Waals surface area contributed by atoms with Crippen molar-refractivity contribution in [3.63, 3.8) is 0 Å². The fourth-order valence-electron chi connectivity index (χ4n) is 4.59. The van der Waals surface area contributed by atoms with Crippen LogP contribution >= 0.6 is 0 Å². The number of carbonyl (C=O) groups is 2. The fraction of sp³-hybridized carbons (Fsp3) is 0.625. The molecule has 0 aromatic carbocycles. The number of carbonyl (C=O) groups excluding carboxylic acids is 1.